The molecule has 2 fully saturated rings. The highest BCUT2D eigenvalue weighted by atomic mass is 16.2. The Kier molecular flexibility index (Phi) is 6.27. The first-order chi connectivity index (χ1) is 11.8. The van der Waals surface area contributed by atoms with E-state index in [2.05, 4.69) is 52.0 Å². The molecule has 2 aliphatic rings. The number of hydrogen-bond donors (Lipinski definition) is 0. The summed E-state index contributed by atoms with van der Waals surface area (Å²) in [4.78, 5) is 20.1. The van der Waals surface area contributed by atoms with Crippen molar-refractivity contribution in [2.45, 2.75) is 45.2 Å². The van der Waals surface area contributed by atoms with Gasteiger partial charge in [-0.1, -0.05) is 37.3 Å². The van der Waals surface area contributed by atoms with Crippen LogP contribution in [-0.4, -0.2) is 65.9 Å². The first-order valence-corrected chi connectivity index (χ1v) is 9.57. The lowest BCUT2D eigenvalue weighted by molar-refractivity contribution is -0.136. The van der Waals surface area contributed by atoms with Crippen molar-refractivity contribution in [2.75, 3.05) is 39.3 Å². The minimum absolute atomic E-state index is 0.0860. The van der Waals surface area contributed by atoms with Crippen LogP contribution in [0.1, 0.15) is 38.2 Å². The molecule has 0 saturated carbocycles. The molecular weight excluding hydrogens is 298 g/mol. The van der Waals surface area contributed by atoms with E-state index in [1.807, 2.05) is 0 Å². The van der Waals surface area contributed by atoms with Crippen LogP contribution in [0.25, 0.3) is 0 Å². The van der Waals surface area contributed by atoms with E-state index >= 15 is 0 Å². The van der Waals surface area contributed by atoms with Gasteiger partial charge >= 0.3 is 0 Å². The highest BCUT2D eigenvalue weighted by Gasteiger charge is 2.34. The zero-order valence-electron chi connectivity index (χ0n) is 15.0. The molecule has 1 aromatic rings. The molecule has 4 heteroatoms. The largest absolute Gasteiger partial charge is 0.340 e. The summed E-state index contributed by atoms with van der Waals surface area (Å²) in [6, 6.07) is 10.6. The maximum Gasteiger partial charge on any atom is 0.239 e. The van der Waals surface area contributed by atoms with Crippen molar-refractivity contribution in [1.29, 1.82) is 0 Å². The number of rotatable bonds is 5. The van der Waals surface area contributed by atoms with E-state index in [1.54, 1.807) is 0 Å². The van der Waals surface area contributed by atoms with Gasteiger partial charge in [-0.2, -0.15) is 0 Å². The van der Waals surface area contributed by atoms with E-state index < -0.39 is 0 Å². The number of amides is 1. The standard InChI is InChI=1S/C20H31N3O/c1-2-11-21-12-7-14-22(16-15-21)20(24)19-10-6-13-23(19)17-18-8-4-3-5-9-18/h3-5,8-9,19H,2,6-7,10-17H2,1H3. The third-order valence-electron chi connectivity index (χ3n) is 5.32. The molecule has 0 N–H and O–H groups in total. The van der Waals surface area contributed by atoms with Gasteiger partial charge in [-0.15, -0.1) is 0 Å². The molecule has 24 heavy (non-hydrogen) atoms. The second kappa shape index (κ2) is 8.63. The van der Waals surface area contributed by atoms with Crippen LogP contribution in [0.15, 0.2) is 30.3 Å². The number of benzene rings is 1. The van der Waals surface area contributed by atoms with Crippen molar-refractivity contribution < 1.29 is 4.79 Å². The summed E-state index contributed by atoms with van der Waals surface area (Å²) >= 11 is 0. The molecule has 0 bridgehead atoms. The molecule has 0 radical (unpaired) electrons. The minimum atomic E-state index is 0.0860. The van der Waals surface area contributed by atoms with Gasteiger partial charge in [0, 0.05) is 26.2 Å². The van der Waals surface area contributed by atoms with Crippen molar-refractivity contribution in [3.8, 4) is 0 Å². The fourth-order valence-corrected chi connectivity index (χ4v) is 4.05. The fraction of sp³-hybridized carbons (Fsp3) is 0.650. The zero-order valence-corrected chi connectivity index (χ0v) is 15.0. The van der Waals surface area contributed by atoms with E-state index in [4.69, 9.17) is 0 Å². The van der Waals surface area contributed by atoms with Gasteiger partial charge in [0.05, 0.1) is 6.04 Å². The predicted octanol–water partition coefficient (Wildman–Crippen LogP) is 2.60. The van der Waals surface area contributed by atoms with Crippen molar-refractivity contribution in [3.05, 3.63) is 35.9 Å². The van der Waals surface area contributed by atoms with Crippen LogP contribution in [0.4, 0.5) is 0 Å². The molecule has 4 nitrogen and oxygen atoms in total. The van der Waals surface area contributed by atoms with Crippen LogP contribution >= 0.6 is 0 Å². The summed E-state index contributed by atoms with van der Waals surface area (Å²) in [6.07, 6.45) is 4.46. The summed E-state index contributed by atoms with van der Waals surface area (Å²) < 4.78 is 0. The normalized spacial score (nSPS) is 23.4. The summed E-state index contributed by atoms with van der Waals surface area (Å²) in [5.41, 5.74) is 1.31. The molecule has 2 saturated heterocycles. The SMILES string of the molecule is CCCN1CCCN(C(=O)C2CCCN2Cc2ccccc2)CC1. The van der Waals surface area contributed by atoms with Crippen LogP contribution in [0.2, 0.25) is 0 Å². The van der Waals surface area contributed by atoms with Gasteiger partial charge in [0.15, 0.2) is 0 Å². The molecule has 1 aromatic carbocycles. The van der Waals surface area contributed by atoms with Crippen LogP contribution < -0.4 is 0 Å². The molecule has 2 aliphatic heterocycles. The van der Waals surface area contributed by atoms with Gasteiger partial charge < -0.3 is 9.80 Å². The second-order valence-electron chi connectivity index (χ2n) is 7.13. The van der Waals surface area contributed by atoms with Gasteiger partial charge in [-0.25, -0.2) is 0 Å². The van der Waals surface area contributed by atoms with E-state index in [0.29, 0.717) is 5.91 Å². The lowest BCUT2D eigenvalue weighted by Crippen LogP contribution is -2.46. The lowest BCUT2D eigenvalue weighted by Gasteiger charge is -2.29. The van der Waals surface area contributed by atoms with Crippen molar-refractivity contribution in [3.63, 3.8) is 0 Å². The molecule has 3 rings (SSSR count). The number of hydrogen-bond acceptors (Lipinski definition) is 3. The topological polar surface area (TPSA) is 26.8 Å². The quantitative estimate of drug-likeness (QED) is 0.831. The molecule has 2 heterocycles. The Morgan fingerprint density at radius 2 is 1.88 bits per heavy atom. The van der Waals surface area contributed by atoms with Gasteiger partial charge in [0.1, 0.15) is 0 Å². The van der Waals surface area contributed by atoms with Crippen LogP contribution in [0, 0.1) is 0 Å². The Hall–Kier alpha value is -1.39. The maximum atomic E-state index is 13.1. The van der Waals surface area contributed by atoms with E-state index in [0.717, 1.165) is 65.1 Å². The summed E-state index contributed by atoms with van der Waals surface area (Å²) in [5.74, 6) is 0.363. The molecule has 0 aromatic heterocycles. The third kappa shape index (κ3) is 4.37. The Morgan fingerprint density at radius 1 is 1.04 bits per heavy atom. The van der Waals surface area contributed by atoms with E-state index in [9.17, 15) is 4.79 Å². The number of likely N-dealkylation sites (tertiary alicyclic amines) is 1. The number of carbonyl (C=O) groups is 1. The lowest BCUT2D eigenvalue weighted by atomic mass is 10.1. The monoisotopic (exact) mass is 329 g/mol. The molecule has 0 aliphatic carbocycles. The third-order valence-corrected chi connectivity index (χ3v) is 5.32. The van der Waals surface area contributed by atoms with Gasteiger partial charge in [-0.3, -0.25) is 9.69 Å². The second-order valence-corrected chi connectivity index (χ2v) is 7.13. The minimum Gasteiger partial charge on any atom is -0.340 e. The maximum absolute atomic E-state index is 13.1. The van der Waals surface area contributed by atoms with Crippen LogP contribution in [0.5, 0.6) is 0 Å². The number of nitrogens with zero attached hydrogens (tertiary/aromatic N) is 3. The smallest absolute Gasteiger partial charge is 0.239 e. The zero-order chi connectivity index (χ0) is 16.8. The highest BCUT2D eigenvalue weighted by molar-refractivity contribution is 5.82. The number of carbonyl (C=O) groups excluding carboxylic acids is 1. The summed E-state index contributed by atoms with van der Waals surface area (Å²) in [7, 11) is 0. The highest BCUT2D eigenvalue weighted by Crippen LogP contribution is 2.22. The van der Waals surface area contributed by atoms with E-state index in [1.165, 1.54) is 12.0 Å². The molecule has 132 valence electrons. The first-order valence-electron chi connectivity index (χ1n) is 9.57. The molecule has 1 atom stereocenters. The molecular formula is C20H31N3O. The van der Waals surface area contributed by atoms with E-state index in [-0.39, 0.29) is 6.04 Å². The Bertz CT molecular complexity index is 519. The average Bonchev–Trinajstić information content (AvgIpc) is 2.93. The molecule has 1 amide bonds. The Morgan fingerprint density at radius 3 is 2.67 bits per heavy atom. The Balaban J connectivity index is 1.59. The van der Waals surface area contributed by atoms with Crippen molar-refractivity contribution in [1.82, 2.24) is 14.7 Å². The Labute approximate surface area is 146 Å². The van der Waals surface area contributed by atoms with Gasteiger partial charge in [0.2, 0.25) is 5.91 Å². The summed E-state index contributed by atoms with van der Waals surface area (Å²) in [5, 5.41) is 0. The van der Waals surface area contributed by atoms with Crippen LogP contribution in [-0.2, 0) is 11.3 Å². The van der Waals surface area contributed by atoms with Crippen LogP contribution in [0.3, 0.4) is 0 Å². The molecule has 1 unspecified atom stereocenters. The predicted molar refractivity (Wildman–Crippen MR) is 97.8 cm³/mol. The van der Waals surface area contributed by atoms with Crippen molar-refractivity contribution in [2.24, 2.45) is 0 Å². The first kappa shape index (κ1) is 17.4. The molecule has 0 spiro atoms. The van der Waals surface area contributed by atoms with Crippen molar-refractivity contribution >= 4 is 5.91 Å². The van der Waals surface area contributed by atoms with Gasteiger partial charge in [-0.05, 0) is 50.9 Å². The summed E-state index contributed by atoms with van der Waals surface area (Å²) in [6.45, 7) is 9.32. The average molecular weight is 329 g/mol. The van der Waals surface area contributed by atoms with Gasteiger partial charge in [0.25, 0.3) is 0 Å². The fourth-order valence-electron chi connectivity index (χ4n) is 4.05.